The van der Waals surface area contributed by atoms with Gasteiger partial charge in [-0.25, -0.2) is 0 Å². The zero-order chi connectivity index (χ0) is 12.3. The lowest BCUT2D eigenvalue weighted by Crippen LogP contribution is -2.24. The van der Waals surface area contributed by atoms with Gasteiger partial charge in [0, 0.05) is 6.54 Å². The third kappa shape index (κ3) is 2.33. The monoisotopic (exact) mass is 230 g/mol. The quantitative estimate of drug-likeness (QED) is 0.865. The van der Waals surface area contributed by atoms with Gasteiger partial charge in [-0.05, 0) is 26.0 Å². The van der Waals surface area contributed by atoms with Crippen LogP contribution in [0.25, 0.3) is 5.69 Å². The van der Waals surface area contributed by atoms with Crippen LogP contribution in [0.15, 0.2) is 30.6 Å². The summed E-state index contributed by atoms with van der Waals surface area (Å²) in [6, 6.07) is 5.62. The molecule has 0 aliphatic carbocycles. The Morgan fingerprint density at radius 3 is 2.71 bits per heavy atom. The van der Waals surface area contributed by atoms with E-state index in [4.69, 9.17) is 0 Å². The highest BCUT2D eigenvalue weighted by atomic mass is 16.1. The molecule has 0 atom stereocenters. The van der Waals surface area contributed by atoms with Crippen molar-refractivity contribution in [3.05, 3.63) is 41.7 Å². The van der Waals surface area contributed by atoms with Crippen molar-refractivity contribution in [3.8, 4) is 5.69 Å². The number of amides is 1. The van der Waals surface area contributed by atoms with E-state index >= 15 is 0 Å². The van der Waals surface area contributed by atoms with E-state index in [0.717, 1.165) is 5.56 Å². The van der Waals surface area contributed by atoms with Crippen LogP contribution < -0.4 is 5.32 Å². The molecule has 5 nitrogen and oxygen atoms in total. The van der Waals surface area contributed by atoms with Crippen LogP contribution in [-0.2, 0) is 0 Å². The van der Waals surface area contributed by atoms with Crippen LogP contribution in [0.1, 0.15) is 22.8 Å². The lowest BCUT2D eigenvalue weighted by molar-refractivity contribution is 0.0955. The molecule has 1 heterocycles. The van der Waals surface area contributed by atoms with E-state index in [-0.39, 0.29) is 5.91 Å². The second kappa shape index (κ2) is 4.78. The predicted molar refractivity (Wildman–Crippen MR) is 64.1 cm³/mol. The highest BCUT2D eigenvalue weighted by Crippen LogP contribution is 2.14. The molecular weight excluding hydrogens is 216 g/mol. The number of aromatic nitrogens is 3. The number of carbonyl (C=O) groups is 1. The largest absolute Gasteiger partial charge is 0.352 e. The molecule has 1 aromatic carbocycles. The number of aryl methyl sites for hydroxylation is 1. The van der Waals surface area contributed by atoms with Gasteiger partial charge in [0.2, 0.25) is 0 Å². The van der Waals surface area contributed by atoms with Crippen molar-refractivity contribution in [1.82, 2.24) is 20.3 Å². The number of nitrogens with zero attached hydrogens (tertiary/aromatic N) is 3. The Kier molecular flexibility index (Phi) is 3.18. The molecule has 0 radical (unpaired) electrons. The number of benzene rings is 1. The molecule has 0 aliphatic rings. The van der Waals surface area contributed by atoms with Crippen LogP contribution >= 0.6 is 0 Å². The van der Waals surface area contributed by atoms with Crippen molar-refractivity contribution < 1.29 is 4.79 Å². The van der Waals surface area contributed by atoms with Crippen molar-refractivity contribution >= 4 is 5.91 Å². The summed E-state index contributed by atoms with van der Waals surface area (Å²) >= 11 is 0. The lowest BCUT2D eigenvalue weighted by Gasteiger charge is -2.09. The molecule has 2 aromatic rings. The summed E-state index contributed by atoms with van der Waals surface area (Å²) in [5, 5.41) is 10.9. The number of hydrogen-bond donors (Lipinski definition) is 1. The molecule has 17 heavy (non-hydrogen) atoms. The van der Waals surface area contributed by atoms with Gasteiger partial charge in [0.25, 0.3) is 5.91 Å². The predicted octanol–water partition coefficient (Wildman–Crippen LogP) is 1.33. The molecule has 0 aliphatic heterocycles. The van der Waals surface area contributed by atoms with Crippen molar-refractivity contribution in [2.45, 2.75) is 13.8 Å². The summed E-state index contributed by atoms with van der Waals surface area (Å²) in [6.45, 7) is 4.43. The molecular formula is C12H14N4O. The van der Waals surface area contributed by atoms with Gasteiger partial charge >= 0.3 is 0 Å². The van der Waals surface area contributed by atoms with Crippen molar-refractivity contribution in [3.63, 3.8) is 0 Å². The third-order valence-electron chi connectivity index (χ3n) is 2.37. The minimum atomic E-state index is -0.108. The molecule has 0 unspecified atom stereocenters. The Bertz CT molecular complexity index is 519. The van der Waals surface area contributed by atoms with Gasteiger partial charge in [-0.1, -0.05) is 11.6 Å². The fourth-order valence-corrected chi connectivity index (χ4v) is 1.60. The van der Waals surface area contributed by atoms with E-state index < -0.39 is 0 Å². The Morgan fingerprint density at radius 2 is 2.06 bits per heavy atom. The van der Waals surface area contributed by atoms with Gasteiger partial charge < -0.3 is 5.32 Å². The third-order valence-corrected chi connectivity index (χ3v) is 2.37. The summed E-state index contributed by atoms with van der Waals surface area (Å²) in [7, 11) is 0. The van der Waals surface area contributed by atoms with Gasteiger partial charge in [0.1, 0.15) is 0 Å². The molecule has 0 bridgehead atoms. The Labute approximate surface area is 99.5 Å². The van der Waals surface area contributed by atoms with Crippen molar-refractivity contribution in [1.29, 1.82) is 0 Å². The maximum Gasteiger partial charge on any atom is 0.253 e. The average molecular weight is 230 g/mol. The highest BCUT2D eigenvalue weighted by molar-refractivity contribution is 5.97. The first-order valence-electron chi connectivity index (χ1n) is 5.48. The molecule has 5 heteroatoms. The average Bonchev–Trinajstić information content (AvgIpc) is 2.82. The number of hydrogen-bond acceptors (Lipinski definition) is 3. The lowest BCUT2D eigenvalue weighted by atomic mass is 10.1. The molecule has 2 rings (SSSR count). The standard InChI is InChI=1S/C12H14N4O/c1-3-13-12(17)10-8-9(2)4-5-11(10)16-14-6-7-15-16/h4-8H,3H2,1-2H3,(H,13,17). The van der Waals surface area contributed by atoms with Gasteiger partial charge in [0.15, 0.2) is 0 Å². The summed E-state index contributed by atoms with van der Waals surface area (Å²) in [5.41, 5.74) is 2.30. The van der Waals surface area contributed by atoms with E-state index in [0.29, 0.717) is 17.8 Å². The Balaban J connectivity index is 2.48. The molecule has 1 amide bonds. The van der Waals surface area contributed by atoms with Crippen molar-refractivity contribution in [2.24, 2.45) is 0 Å². The first kappa shape index (κ1) is 11.3. The minimum Gasteiger partial charge on any atom is -0.352 e. The number of nitrogens with one attached hydrogen (secondary N) is 1. The SMILES string of the molecule is CCNC(=O)c1cc(C)ccc1-n1nccn1. The molecule has 1 aromatic heterocycles. The maximum atomic E-state index is 11.9. The van der Waals surface area contributed by atoms with Crippen LogP contribution in [0.5, 0.6) is 0 Å². The maximum absolute atomic E-state index is 11.9. The van der Waals surface area contributed by atoms with Gasteiger partial charge in [-0.2, -0.15) is 15.0 Å². The molecule has 1 N–H and O–H groups in total. The highest BCUT2D eigenvalue weighted by Gasteiger charge is 2.13. The minimum absolute atomic E-state index is 0.108. The Morgan fingerprint density at radius 1 is 1.35 bits per heavy atom. The zero-order valence-electron chi connectivity index (χ0n) is 9.84. The van der Waals surface area contributed by atoms with Crippen LogP contribution in [0.4, 0.5) is 0 Å². The van der Waals surface area contributed by atoms with Crippen LogP contribution in [-0.4, -0.2) is 27.4 Å². The smallest absolute Gasteiger partial charge is 0.253 e. The summed E-state index contributed by atoms with van der Waals surface area (Å²) in [4.78, 5) is 13.4. The topological polar surface area (TPSA) is 59.8 Å². The van der Waals surface area contributed by atoms with E-state index in [1.165, 1.54) is 4.80 Å². The van der Waals surface area contributed by atoms with Crippen LogP contribution in [0.3, 0.4) is 0 Å². The van der Waals surface area contributed by atoms with Crippen molar-refractivity contribution in [2.75, 3.05) is 6.54 Å². The second-order valence-electron chi connectivity index (χ2n) is 3.70. The number of carbonyl (C=O) groups excluding carboxylic acids is 1. The normalized spacial score (nSPS) is 10.2. The van der Waals surface area contributed by atoms with Gasteiger partial charge in [-0.15, -0.1) is 0 Å². The second-order valence-corrected chi connectivity index (χ2v) is 3.70. The van der Waals surface area contributed by atoms with Gasteiger partial charge in [-0.3, -0.25) is 4.79 Å². The molecule has 0 fully saturated rings. The molecule has 0 saturated carbocycles. The van der Waals surface area contributed by atoms with E-state index in [9.17, 15) is 4.79 Å². The molecule has 0 saturated heterocycles. The summed E-state index contributed by atoms with van der Waals surface area (Å²) in [5.74, 6) is -0.108. The van der Waals surface area contributed by atoms with E-state index in [1.54, 1.807) is 12.4 Å². The first-order chi connectivity index (χ1) is 8.22. The fourth-order valence-electron chi connectivity index (χ4n) is 1.60. The number of rotatable bonds is 3. The summed E-state index contributed by atoms with van der Waals surface area (Å²) < 4.78 is 0. The summed E-state index contributed by atoms with van der Waals surface area (Å²) in [6.07, 6.45) is 3.17. The molecule has 88 valence electrons. The fraction of sp³-hybridized carbons (Fsp3) is 0.250. The molecule has 0 spiro atoms. The zero-order valence-corrected chi connectivity index (χ0v) is 9.84. The first-order valence-corrected chi connectivity index (χ1v) is 5.48. The van der Waals surface area contributed by atoms with E-state index in [1.807, 2.05) is 32.0 Å². The van der Waals surface area contributed by atoms with E-state index in [2.05, 4.69) is 15.5 Å². The van der Waals surface area contributed by atoms with Gasteiger partial charge in [0.05, 0.1) is 23.6 Å². The van der Waals surface area contributed by atoms with Crippen LogP contribution in [0.2, 0.25) is 0 Å². The van der Waals surface area contributed by atoms with Crippen LogP contribution in [0, 0.1) is 6.92 Å². The Hall–Kier alpha value is -2.17.